The van der Waals surface area contributed by atoms with Gasteiger partial charge in [-0.15, -0.1) is 21.5 Å². The van der Waals surface area contributed by atoms with Crippen molar-refractivity contribution in [3.8, 4) is 0 Å². The Labute approximate surface area is 154 Å². The minimum Gasteiger partial charge on any atom is -0.332 e. The van der Waals surface area contributed by atoms with Crippen molar-refractivity contribution < 1.29 is 9.59 Å². The fourth-order valence-corrected chi connectivity index (χ4v) is 3.72. The molecule has 4 rings (SSSR count). The van der Waals surface area contributed by atoms with Crippen LogP contribution in [0.3, 0.4) is 0 Å². The molecule has 7 nitrogen and oxygen atoms in total. The van der Waals surface area contributed by atoms with E-state index >= 15 is 0 Å². The van der Waals surface area contributed by atoms with Crippen molar-refractivity contribution in [3.05, 3.63) is 46.5 Å². The molecule has 1 saturated carbocycles. The predicted molar refractivity (Wildman–Crippen MR) is 99.5 cm³/mol. The summed E-state index contributed by atoms with van der Waals surface area (Å²) in [6.45, 7) is -0.00751. The van der Waals surface area contributed by atoms with Gasteiger partial charge in [0.2, 0.25) is 5.91 Å². The normalized spacial score (nSPS) is 14.2. The minimum atomic E-state index is -0.241. The Morgan fingerprint density at radius 3 is 2.85 bits per heavy atom. The largest absolute Gasteiger partial charge is 0.332 e. The van der Waals surface area contributed by atoms with E-state index in [4.69, 9.17) is 0 Å². The van der Waals surface area contributed by atoms with Crippen molar-refractivity contribution in [2.45, 2.75) is 25.2 Å². The molecule has 3 aromatic heterocycles. The van der Waals surface area contributed by atoms with Gasteiger partial charge in [-0.25, -0.2) is 0 Å². The van der Waals surface area contributed by atoms with Crippen LogP contribution < -0.4 is 5.32 Å². The third-order valence-corrected chi connectivity index (χ3v) is 5.50. The van der Waals surface area contributed by atoms with E-state index in [0.29, 0.717) is 16.5 Å². The lowest BCUT2D eigenvalue weighted by molar-refractivity contribution is -0.116. The van der Waals surface area contributed by atoms with Gasteiger partial charge in [0.05, 0.1) is 17.1 Å². The van der Waals surface area contributed by atoms with Crippen LogP contribution in [0.2, 0.25) is 0 Å². The second-order valence-corrected chi connectivity index (χ2v) is 7.47. The van der Waals surface area contributed by atoms with Gasteiger partial charge in [-0.1, -0.05) is 12.5 Å². The molecular weight excluding hydrogens is 350 g/mol. The highest BCUT2D eigenvalue weighted by Crippen LogP contribution is 2.35. The molecule has 8 heteroatoms. The first-order chi connectivity index (χ1) is 12.6. The van der Waals surface area contributed by atoms with E-state index in [1.807, 2.05) is 28.1 Å². The van der Waals surface area contributed by atoms with Crippen molar-refractivity contribution in [2.75, 3.05) is 18.9 Å². The molecule has 134 valence electrons. The first-order valence-electron chi connectivity index (χ1n) is 8.55. The average molecular weight is 369 g/mol. The van der Waals surface area contributed by atoms with Gasteiger partial charge in [0.15, 0.2) is 5.65 Å². The minimum absolute atomic E-state index is 0.00751. The number of thiophene rings is 1. The summed E-state index contributed by atoms with van der Waals surface area (Å²) in [5.74, 6) is 1.00. The van der Waals surface area contributed by atoms with Crippen LogP contribution in [0.4, 0.5) is 5.69 Å². The zero-order valence-corrected chi connectivity index (χ0v) is 15.2. The second-order valence-electron chi connectivity index (χ2n) is 6.52. The predicted octanol–water partition coefficient (Wildman–Crippen LogP) is 2.77. The molecule has 26 heavy (non-hydrogen) atoms. The molecule has 0 spiro atoms. The number of fused-ring (bicyclic) bond motifs is 1. The summed E-state index contributed by atoms with van der Waals surface area (Å²) >= 11 is 1.36. The van der Waals surface area contributed by atoms with E-state index in [-0.39, 0.29) is 18.4 Å². The topological polar surface area (TPSA) is 79.6 Å². The van der Waals surface area contributed by atoms with E-state index in [1.165, 1.54) is 22.7 Å². The molecular formula is C18H19N5O2S. The molecule has 1 aliphatic rings. The fourth-order valence-electron chi connectivity index (χ4n) is 3.00. The summed E-state index contributed by atoms with van der Waals surface area (Å²) in [6.07, 6.45) is 5.34. The third kappa shape index (κ3) is 3.20. The van der Waals surface area contributed by atoms with Crippen LogP contribution in [0.25, 0.3) is 5.65 Å². The Bertz CT molecular complexity index is 946. The van der Waals surface area contributed by atoms with Crippen molar-refractivity contribution in [1.29, 1.82) is 0 Å². The lowest BCUT2D eigenvalue weighted by Gasteiger charge is -2.23. The zero-order chi connectivity index (χ0) is 18.1. The zero-order valence-electron chi connectivity index (χ0n) is 14.4. The molecule has 1 fully saturated rings. The maximum absolute atomic E-state index is 12.3. The van der Waals surface area contributed by atoms with Crippen LogP contribution in [-0.2, 0) is 4.79 Å². The summed E-state index contributed by atoms with van der Waals surface area (Å²) < 4.78 is 1.94. The van der Waals surface area contributed by atoms with E-state index in [0.717, 1.165) is 24.3 Å². The van der Waals surface area contributed by atoms with Crippen LogP contribution in [0.1, 0.15) is 40.7 Å². The summed E-state index contributed by atoms with van der Waals surface area (Å²) in [7, 11) is 1.62. The van der Waals surface area contributed by atoms with Gasteiger partial charge >= 0.3 is 0 Å². The lowest BCUT2D eigenvalue weighted by Crippen LogP contribution is -2.34. The number of pyridine rings is 1. The highest BCUT2D eigenvalue weighted by molar-refractivity contribution is 7.12. The number of amides is 2. The number of hydrogen-bond donors (Lipinski definition) is 1. The van der Waals surface area contributed by atoms with E-state index in [2.05, 4.69) is 15.5 Å². The summed E-state index contributed by atoms with van der Waals surface area (Å²) in [5, 5.41) is 13.2. The number of carbonyl (C=O) groups excluding carboxylic acids is 2. The SMILES string of the molecule is CN(CC(=O)Nc1ccc2nnc(C3CCC3)n2c1)C(=O)c1cccs1. The second kappa shape index (κ2) is 6.87. The number of nitrogens with zero attached hydrogens (tertiary/aromatic N) is 4. The van der Waals surface area contributed by atoms with Gasteiger partial charge in [-0.3, -0.25) is 14.0 Å². The van der Waals surface area contributed by atoms with Gasteiger partial charge in [0, 0.05) is 19.2 Å². The van der Waals surface area contributed by atoms with E-state index < -0.39 is 0 Å². The number of nitrogens with one attached hydrogen (secondary N) is 1. The molecule has 0 aliphatic heterocycles. The number of rotatable bonds is 5. The summed E-state index contributed by atoms with van der Waals surface area (Å²) in [6, 6.07) is 7.21. The van der Waals surface area contributed by atoms with Gasteiger partial charge in [0.25, 0.3) is 5.91 Å². The summed E-state index contributed by atoms with van der Waals surface area (Å²) in [5.41, 5.74) is 1.44. The first-order valence-corrected chi connectivity index (χ1v) is 9.43. The van der Waals surface area contributed by atoms with Crippen LogP contribution in [0.15, 0.2) is 35.8 Å². The smallest absolute Gasteiger partial charge is 0.264 e. The van der Waals surface area contributed by atoms with Gasteiger partial charge in [-0.05, 0) is 36.4 Å². The van der Waals surface area contributed by atoms with Crippen molar-refractivity contribution in [3.63, 3.8) is 0 Å². The standard InChI is InChI=1S/C18H19N5O2S/c1-22(18(25)14-6-3-9-26-14)11-16(24)19-13-7-8-15-20-21-17(23(15)10-13)12-4-2-5-12/h3,6-10,12H,2,4-5,11H2,1H3,(H,19,24). The Morgan fingerprint density at radius 1 is 1.31 bits per heavy atom. The van der Waals surface area contributed by atoms with Crippen LogP contribution in [0.5, 0.6) is 0 Å². The maximum Gasteiger partial charge on any atom is 0.264 e. The highest BCUT2D eigenvalue weighted by Gasteiger charge is 2.24. The summed E-state index contributed by atoms with van der Waals surface area (Å²) in [4.78, 5) is 26.6. The molecule has 3 heterocycles. The Morgan fingerprint density at radius 2 is 2.15 bits per heavy atom. The number of hydrogen-bond acceptors (Lipinski definition) is 5. The molecule has 0 unspecified atom stereocenters. The average Bonchev–Trinajstić information content (AvgIpc) is 3.23. The van der Waals surface area contributed by atoms with Gasteiger partial charge in [-0.2, -0.15) is 0 Å². The molecule has 3 aromatic rings. The Hall–Kier alpha value is -2.74. The molecule has 1 aliphatic carbocycles. The molecule has 0 radical (unpaired) electrons. The van der Waals surface area contributed by atoms with E-state index in [1.54, 1.807) is 19.2 Å². The number of anilines is 1. The Balaban J connectivity index is 1.44. The molecule has 2 amide bonds. The van der Waals surface area contributed by atoms with Crippen LogP contribution in [0, 0.1) is 0 Å². The number of aromatic nitrogens is 3. The van der Waals surface area contributed by atoms with Crippen molar-refractivity contribution in [2.24, 2.45) is 0 Å². The van der Waals surface area contributed by atoms with E-state index in [9.17, 15) is 9.59 Å². The van der Waals surface area contributed by atoms with Crippen LogP contribution >= 0.6 is 11.3 Å². The molecule has 0 aromatic carbocycles. The monoisotopic (exact) mass is 369 g/mol. The molecule has 1 N–H and O–H groups in total. The first kappa shape index (κ1) is 16.7. The van der Waals surface area contributed by atoms with Crippen molar-refractivity contribution >= 4 is 34.5 Å². The maximum atomic E-state index is 12.3. The Kier molecular flexibility index (Phi) is 4.42. The van der Waals surface area contributed by atoms with Crippen molar-refractivity contribution in [1.82, 2.24) is 19.5 Å². The quantitative estimate of drug-likeness (QED) is 0.750. The lowest BCUT2D eigenvalue weighted by atomic mass is 9.85. The number of likely N-dealkylation sites (N-methyl/N-ethyl adjacent to an activating group) is 1. The molecule has 0 bridgehead atoms. The third-order valence-electron chi connectivity index (χ3n) is 4.64. The molecule has 0 saturated heterocycles. The van der Waals surface area contributed by atoms with Gasteiger partial charge < -0.3 is 10.2 Å². The highest BCUT2D eigenvalue weighted by atomic mass is 32.1. The molecule has 0 atom stereocenters. The number of carbonyl (C=O) groups is 2. The fraction of sp³-hybridized carbons (Fsp3) is 0.333. The van der Waals surface area contributed by atoms with Gasteiger partial charge in [0.1, 0.15) is 5.82 Å². The van der Waals surface area contributed by atoms with Crippen LogP contribution in [-0.4, -0.2) is 44.9 Å².